The minimum absolute atomic E-state index is 0.0958. The summed E-state index contributed by atoms with van der Waals surface area (Å²) in [4.78, 5) is 49.9. The van der Waals surface area contributed by atoms with E-state index >= 15 is 0 Å². The lowest BCUT2D eigenvalue weighted by Crippen LogP contribution is -2.28. The van der Waals surface area contributed by atoms with Crippen molar-refractivity contribution in [1.29, 1.82) is 0 Å². The molecule has 0 bridgehead atoms. The summed E-state index contributed by atoms with van der Waals surface area (Å²) in [6.45, 7) is 13.6. The lowest BCUT2D eigenvalue weighted by atomic mass is 9.75. The number of hydrogen-bond acceptors (Lipinski definition) is 10. The second kappa shape index (κ2) is 30.3. The van der Waals surface area contributed by atoms with Crippen LogP contribution in [0, 0.1) is 5.92 Å². The van der Waals surface area contributed by atoms with Gasteiger partial charge in [0.15, 0.2) is 11.5 Å². The van der Waals surface area contributed by atoms with Crippen LogP contribution in [-0.2, 0) is 34.8 Å². The summed E-state index contributed by atoms with van der Waals surface area (Å²) in [6.07, 6.45) is 13.4. The highest BCUT2D eigenvalue weighted by Crippen LogP contribution is 2.42. The molecule has 2 aromatic rings. The normalized spacial score (nSPS) is 13.5. The third-order valence-corrected chi connectivity index (χ3v) is 11.7. The lowest BCUT2D eigenvalue weighted by Gasteiger charge is -2.28. The first-order valence-corrected chi connectivity index (χ1v) is 24.2. The number of carboxylic acids is 1. The SMILES string of the molecule is CCCCOCCOCCNC(=O)OCCCCC(C)CCCOC(=O)NCCOCCOCCCC(=O)c1ccc(C2=C3C=CC(=[N+](C)C)C=C3Cc3cc(C(C)C)ccc32)c(C(=O)O)c1. The number of unbranched alkanes of at least 4 members (excludes halogenated alkanes) is 2. The molecule has 368 valence electrons. The highest BCUT2D eigenvalue weighted by Gasteiger charge is 2.29. The number of ketones is 1. The number of benzene rings is 2. The molecule has 2 aromatic carbocycles. The number of nitrogens with zero attached hydrogens (tertiary/aromatic N) is 1. The Morgan fingerprint density at radius 2 is 1.30 bits per heavy atom. The quantitative estimate of drug-likeness (QED) is 0.0364. The Morgan fingerprint density at radius 1 is 0.687 bits per heavy atom. The maximum atomic E-state index is 13.3. The lowest BCUT2D eigenvalue weighted by molar-refractivity contribution is -0.462. The van der Waals surface area contributed by atoms with E-state index in [1.54, 1.807) is 12.1 Å². The van der Waals surface area contributed by atoms with Gasteiger partial charge in [0.25, 0.3) is 0 Å². The van der Waals surface area contributed by atoms with Crippen LogP contribution in [0.4, 0.5) is 9.59 Å². The van der Waals surface area contributed by atoms with Gasteiger partial charge in [0, 0.05) is 50.4 Å². The van der Waals surface area contributed by atoms with Gasteiger partial charge in [-0.3, -0.25) is 4.79 Å². The van der Waals surface area contributed by atoms with Gasteiger partial charge in [-0.15, -0.1) is 0 Å². The van der Waals surface area contributed by atoms with Gasteiger partial charge in [0.05, 0.1) is 58.4 Å². The average Bonchev–Trinajstić information content (AvgIpc) is 3.31. The number of amides is 2. The Balaban J connectivity index is 1.04. The van der Waals surface area contributed by atoms with Gasteiger partial charge in [0.2, 0.25) is 0 Å². The zero-order valence-electron chi connectivity index (χ0n) is 40.9. The summed E-state index contributed by atoms with van der Waals surface area (Å²) in [5.41, 5.74) is 8.52. The molecule has 0 fully saturated rings. The maximum absolute atomic E-state index is 13.3. The molecule has 0 saturated carbocycles. The second-order valence-corrected chi connectivity index (χ2v) is 17.6. The summed E-state index contributed by atoms with van der Waals surface area (Å²) < 4.78 is 34.7. The Kier molecular flexibility index (Phi) is 24.6. The van der Waals surface area contributed by atoms with Crippen LogP contribution < -0.4 is 10.6 Å². The zero-order chi connectivity index (χ0) is 48.4. The van der Waals surface area contributed by atoms with Gasteiger partial charge in [0.1, 0.15) is 14.1 Å². The summed E-state index contributed by atoms with van der Waals surface area (Å²) in [7, 11) is 4.02. The smallest absolute Gasteiger partial charge is 0.407 e. The molecule has 0 saturated heterocycles. The predicted octanol–water partition coefficient (Wildman–Crippen LogP) is 8.94. The highest BCUT2D eigenvalue weighted by molar-refractivity contribution is 6.08. The van der Waals surface area contributed by atoms with Crippen LogP contribution in [-0.4, -0.2) is 133 Å². The fourth-order valence-electron chi connectivity index (χ4n) is 7.79. The van der Waals surface area contributed by atoms with Crippen LogP contribution in [0.1, 0.15) is 134 Å². The van der Waals surface area contributed by atoms with Gasteiger partial charge in [-0.25, -0.2) is 19.0 Å². The van der Waals surface area contributed by atoms with E-state index in [4.69, 9.17) is 28.4 Å². The van der Waals surface area contributed by atoms with Crippen molar-refractivity contribution in [2.45, 2.75) is 97.8 Å². The van der Waals surface area contributed by atoms with E-state index in [0.717, 1.165) is 91.5 Å². The number of carboxylic acid groups (broad SMARTS) is 1. The number of allylic oxidation sites excluding steroid dienone is 5. The predicted molar refractivity (Wildman–Crippen MR) is 261 cm³/mol. The summed E-state index contributed by atoms with van der Waals surface area (Å²) >= 11 is 0. The van der Waals surface area contributed by atoms with Crippen LogP contribution in [0.25, 0.3) is 5.57 Å². The third-order valence-electron chi connectivity index (χ3n) is 11.7. The maximum Gasteiger partial charge on any atom is 0.407 e. The molecular formula is C53H76N3O11+. The van der Waals surface area contributed by atoms with E-state index in [0.29, 0.717) is 102 Å². The topological polar surface area (TPSA) is 171 Å². The molecule has 1 atom stereocenters. The fraction of sp³-hybridized carbons (Fsp3) is 0.566. The molecule has 0 spiro atoms. The van der Waals surface area contributed by atoms with Gasteiger partial charge in [-0.05, 0) is 108 Å². The number of Topliss-reactive ketones (excluding diaryl/α,β-unsaturated/α-hetero) is 1. The third kappa shape index (κ3) is 19.2. The Hall–Kier alpha value is -5.15. The minimum atomic E-state index is -1.08. The molecule has 2 amide bonds. The van der Waals surface area contributed by atoms with Gasteiger partial charge in [-0.1, -0.05) is 70.9 Å². The number of hydrogen-bond donors (Lipinski definition) is 3. The van der Waals surface area contributed by atoms with E-state index in [9.17, 15) is 24.3 Å². The Morgan fingerprint density at radius 3 is 1.93 bits per heavy atom. The van der Waals surface area contributed by atoms with Crippen molar-refractivity contribution in [2.75, 3.05) is 93.3 Å². The number of aromatic carboxylic acids is 1. The molecule has 14 nitrogen and oxygen atoms in total. The van der Waals surface area contributed by atoms with Gasteiger partial charge >= 0.3 is 18.2 Å². The minimum Gasteiger partial charge on any atom is -0.478 e. The first-order valence-electron chi connectivity index (χ1n) is 24.2. The molecular weight excluding hydrogens is 855 g/mol. The monoisotopic (exact) mass is 931 g/mol. The fourth-order valence-corrected chi connectivity index (χ4v) is 7.79. The number of fused-ring (bicyclic) bond motifs is 2. The first kappa shape index (κ1) is 54.5. The number of ether oxygens (including phenoxy) is 6. The zero-order valence-corrected chi connectivity index (χ0v) is 40.9. The van der Waals surface area contributed by atoms with Gasteiger partial charge in [-0.2, -0.15) is 0 Å². The average molecular weight is 931 g/mol. The van der Waals surface area contributed by atoms with Crippen LogP contribution in [0.3, 0.4) is 0 Å². The van der Waals surface area contributed by atoms with Crippen molar-refractivity contribution in [3.8, 4) is 0 Å². The molecule has 0 aromatic heterocycles. The van der Waals surface area contributed by atoms with Gasteiger partial charge < -0.3 is 44.2 Å². The van der Waals surface area contributed by atoms with E-state index in [-0.39, 0.29) is 17.8 Å². The molecule has 3 N–H and O–H groups in total. The Labute approximate surface area is 398 Å². The van der Waals surface area contributed by atoms with Crippen LogP contribution in [0.5, 0.6) is 0 Å². The molecule has 0 aliphatic heterocycles. The molecule has 0 heterocycles. The van der Waals surface area contributed by atoms with Crippen LogP contribution in [0.2, 0.25) is 0 Å². The molecule has 2 aliphatic carbocycles. The van der Waals surface area contributed by atoms with Crippen molar-refractivity contribution < 1.29 is 57.3 Å². The van der Waals surface area contributed by atoms with Crippen molar-refractivity contribution in [3.63, 3.8) is 0 Å². The van der Waals surface area contributed by atoms with E-state index in [2.05, 4.69) is 79.3 Å². The van der Waals surface area contributed by atoms with E-state index < -0.39 is 18.2 Å². The molecule has 0 radical (unpaired) electrons. The first-order chi connectivity index (χ1) is 32.4. The molecule has 1 unspecified atom stereocenters. The van der Waals surface area contributed by atoms with Crippen molar-refractivity contribution in [3.05, 3.63) is 99.2 Å². The summed E-state index contributed by atoms with van der Waals surface area (Å²) in [6, 6.07) is 11.5. The van der Waals surface area contributed by atoms with E-state index in [1.165, 1.54) is 11.6 Å². The van der Waals surface area contributed by atoms with Crippen molar-refractivity contribution in [1.82, 2.24) is 10.6 Å². The number of carbonyl (C=O) groups excluding carboxylic acids is 3. The number of rotatable bonds is 32. The van der Waals surface area contributed by atoms with Crippen molar-refractivity contribution in [2.24, 2.45) is 5.92 Å². The molecule has 4 rings (SSSR count). The standard InChI is InChI=1S/C53H75N3O11/c1-7-8-24-62-30-32-64-28-22-54-52(60)66-26-10-9-13-39(4)14-11-27-67-53(61)55-23-29-65-33-31-63-25-12-15-49(57)41-17-20-47(48(37-41)51(58)59)50-45-19-16-40(38(2)3)34-42(45)35-43-36-44(56(5)6)18-21-46(43)50/h16-21,34,36-39H,7-15,22-33,35H2,1-6H3,(H2-,54,55,58,59,60,61)/p+1. The highest BCUT2D eigenvalue weighted by atomic mass is 16.6. The molecule has 67 heavy (non-hydrogen) atoms. The Bertz CT molecular complexity index is 2050. The summed E-state index contributed by atoms with van der Waals surface area (Å²) in [5.74, 6) is -0.412. The second-order valence-electron chi connectivity index (χ2n) is 17.6. The number of carbonyl (C=O) groups is 4. The van der Waals surface area contributed by atoms with Crippen LogP contribution in [0.15, 0.2) is 65.8 Å². The molecule has 14 heteroatoms. The van der Waals surface area contributed by atoms with Crippen molar-refractivity contribution >= 4 is 35.2 Å². The molecule has 2 aliphatic rings. The number of nitrogens with one attached hydrogen (secondary N) is 2. The van der Waals surface area contributed by atoms with E-state index in [1.807, 2.05) is 14.1 Å². The van der Waals surface area contributed by atoms with Crippen LogP contribution >= 0.6 is 0 Å². The largest absolute Gasteiger partial charge is 0.478 e. The summed E-state index contributed by atoms with van der Waals surface area (Å²) in [5, 5.41) is 15.8. The number of alkyl carbamates (subject to hydrolysis) is 2.